The Morgan fingerprint density at radius 3 is 2.65 bits per heavy atom. The second-order valence-electron chi connectivity index (χ2n) is 6.48. The van der Waals surface area contributed by atoms with Crippen molar-refractivity contribution in [2.24, 2.45) is 11.7 Å². The van der Waals surface area contributed by atoms with Gasteiger partial charge in [-0.2, -0.15) is 0 Å². The fraction of sp³-hybridized carbons (Fsp3) is 1.00. The van der Waals surface area contributed by atoms with Crippen LogP contribution in [0.3, 0.4) is 0 Å². The lowest BCUT2D eigenvalue weighted by Crippen LogP contribution is -2.55. The van der Waals surface area contributed by atoms with E-state index in [4.69, 9.17) is 5.73 Å². The highest BCUT2D eigenvalue weighted by Crippen LogP contribution is 2.38. The van der Waals surface area contributed by atoms with Gasteiger partial charge in [0.05, 0.1) is 0 Å². The van der Waals surface area contributed by atoms with Gasteiger partial charge in [-0.3, -0.25) is 4.90 Å². The Hall–Kier alpha value is -0.120. The van der Waals surface area contributed by atoms with Gasteiger partial charge in [0.25, 0.3) is 0 Å². The van der Waals surface area contributed by atoms with E-state index in [1.165, 1.54) is 45.2 Å². The van der Waals surface area contributed by atoms with E-state index in [0.29, 0.717) is 5.54 Å². The third-order valence-electron chi connectivity index (χ3n) is 5.01. The summed E-state index contributed by atoms with van der Waals surface area (Å²) in [6, 6.07) is 0.732. The van der Waals surface area contributed by atoms with Crippen molar-refractivity contribution in [1.29, 1.82) is 0 Å². The zero-order chi connectivity index (χ0) is 12.5. The van der Waals surface area contributed by atoms with Crippen LogP contribution in [0.25, 0.3) is 0 Å². The molecule has 2 aliphatic rings. The monoisotopic (exact) mass is 239 g/mol. The summed E-state index contributed by atoms with van der Waals surface area (Å²) in [5.74, 6) is 0.853. The van der Waals surface area contributed by atoms with Crippen molar-refractivity contribution in [3.63, 3.8) is 0 Å². The molecule has 0 aromatic rings. The average molecular weight is 239 g/mol. The summed E-state index contributed by atoms with van der Waals surface area (Å²) in [6.45, 7) is 5.70. The standard InChI is InChI=1S/C14H29N3/c1-12-5-4-7-14(9-12,11-15)17-8-6-13(10-17)16(2)3/h12-13H,4-11,15H2,1-3H3. The van der Waals surface area contributed by atoms with E-state index in [-0.39, 0.29) is 0 Å². The van der Waals surface area contributed by atoms with Crippen LogP contribution >= 0.6 is 0 Å². The van der Waals surface area contributed by atoms with Gasteiger partial charge < -0.3 is 10.6 Å². The molecule has 0 bridgehead atoms. The molecule has 17 heavy (non-hydrogen) atoms. The highest BCUT2D eigenvalue weighted by Gasteiger charge is 2.42. The van der Waals surface area contributed by atoms with Crippen LogP contribution in [0.5, 0.6) is 0 Å². The first kappa shape index (κ1) is 13.3. The number of nitrogens with two attached hydrogens (primary N) is 1. The average Bonchev–Trinajstić information content (AvgIpc) is 2.78. The van der Waals surface area contributed by atoms with Crippen LogP contribution < -0.4 is 5.73 Å². The Kier molecular flexibility index (Phi) is 4.11. The smallest absolute Gasteiger partial charge is 0.0334 e. The Bertz CT molecular complexity index is 254. The molecule has 0 radical (unpaired) electrons. The zero-order valence-corrected chi connectivity index (χ0v) is 11.8. The lowest BCUT2D eigenvalue weighted by molar-refractivity contribution is 0.0545. The second-order valence-corrected chi connectivity index (χ2v) is 6.48. The van der Waals surface area contributed by atoms with Gasteiger partial charge in [0.15, 0.2) is 0 Å². The largest absolute Gasteiger partial charge is 0.329 e. The molecule has 2 fully saturated rings. The molecule has 3 atom stereocenters. The van der Waals surface area contributed by atoms with E-state index in [1.54, 1.807) is 0 Å². The predicted octanol–water partition coefficient (Wildman–Crippen LogP) is 1.53. The fourth-order valence-electron chi connectivity index (χ4n) is 3.83. The summed E-state index contributed by atoms with van der Waals surface area (Å²) in [6.07, 6.45) is 6.69. The quantitative estimate of drug-likeness (QED) is 0.811. The molecule has 0 amide bonds. The molecule has 0 spiro atoms. The van der Waals surface area contributed by atoms with Crippen molar-refractivity contribution < 1.29 is 0 Å². The summed E-state index contributed by atoms with van der Waals surface area (Å²) < 4.78 is 0. The summed E-state index contributed by atoms with van der Waals surface area (Å²) in [5, 5.41) is 0. The highest BCUT2D eigenvalue weighted by atomic mass is 15.3. The third-order valence-corrected chi connectivity index (χ3v) is 5.01. The lowest BCUT2D eigenvalue weighted by Gasteiger charge is -2.46. The van der Waals surface area contributed by atoms with Crippen LogP contribution in [0.2, 0.25) is 0 Å². The van der Waals surface area contributed by atoms with Gasteiger partial charge in [0.2, 0.25) is 0 Å². The maximum atomic E-state index is 6.15. The first-order chi connectivity index (χ1) is 8.07. The zero-order valence-electron chi connectivity index (χ0n) is 11.8. The van der Waals surface area contributed by atoms with Crippen LogP contribution in [0, 0.1) is 5.92 Å². The summed E-state index contributed by atoms with van der Waals surface area (Å²) in [5.41, 5.74) is 6.47. The fourth-order valence-corrected chi connectivity index (χ4v) is 3.83. The summed E-state index contributed by atoms with van der Waals surface area (Å²) >= 11 is 0. The Balaban J connectivity index is 2.03. The van der Waals surface area contributed by atoms with Crippen LogP contribution in [-0.4, -0.2) is 55.1 Å². The molecule has 1 saturated heterocycles. The first-order valence-electron chi connectivity index (χ1n) is 7.19. The molecule has 3 nitrogen and oxygen atoms in total. The Morgan fingerprint density at radius 2 is 2.12 bits per heavy atom. The maximum absolute atomic E-state index is 6.15. The van der Waals surface area contributed by atoms with Gasteiger partial charge in [0, 0.05) is 31.2 Å². The highest BCUT2D eigenvalue weighted by molar-refractivity contribution is 4.99. The van der Waals surface area contributed by atoms with E-state index in [0.717, 1.165) is 18.5 Å². The summed E-state index contributed by atoms with van der Waals surface area (Å²) in [7, 11) is 4.40. The Morgan fingerprint density at radius 1 is 1.35 bits per heavy atom. The van der Waals surface area contributed by atoms with E-state index in [1.807, 2.05) is 0 Å². The molecule has 1 aliphatic carbocycles. The summed E-state index contributed by atoms with van der Waals surface area (Å²) in [4.78, 5) is 5.07. The molecule has 1 heterocycles. The van der Waals surface area contributed by atoms with E-state index < -0.39 is 0 Å². The van der Waals surface area contributed by atoms with Crippen molar-refractivity contribution in [1.82, 2.24) is 9.80 Å². The topological polar surface area (TPSA) is 32.5 Å². The maximum Gasteiger partial charge on any atom is 0.0334 e. The van der Waals surface area contributed by atoms with Crippen LogP contribution in [-0.2, 0) is 0 Å². The molecule has 2 rings (SSSR count). The van der Waals surface area contributed by atoms with Crippen molar-refractivity contribution in [2.75, 3.05) is 33.7 Å². The number of likely N-dealkylation sites (N-methyl/N-ethyl adjacent to an activating group) is 1. The van der Waals surface area contributed by atoms with Crippen molar-refractivity contribution in [2.45, 2.75) is 50.6 Å². The van der Waals surface area contributed by atoms with Gasteiger partial charge in [-0.25, -0.2) is 0 Å². The minimum atomic E-state index is 0.322. The molecular weight excluding hydrogens is 210 g/mol. The molecule has 0 aromatic carbocycles. The van der Waals surface area contributed by atoms with Crippen molar-refractivity contribution >= 4 is 0 Å². The molecule has 3 heteroatoms. The van der Waals surface area contributed by atoms with Crippen molar-refractivity contribution in [3.8, 4) is 0 Å². The van der Waals surface area contributed by atoms with Gasteiger partial charge >= 0.3 is 0 Å². The number of nitrogens with zero attached hydrogens (tertiary/aromatic N) is 2. The number of hydrogen-bond donors (Lipinski definition) is 1. The lowest BCUT2D eigenvalue weighted by atomic mass is 9.75. The number of hydrogen-bond acceptors (Lipinski definition) is 3. The van der Waals surface area contributed by atoms with Crippen molar-refractivity contribution in [3.05, 3.63) is 0 Å². The molecule has 100 valence electrons. The molecule has 1 saturated carbocycles. The number of rotatable bonds is 3. The molecule has 0 aromatic heterocycles. The van der Waals surface area contributed by atoms with E-state index >= 15 is 0 Å². The second kappa shape index (κ2) is 5.25. The van der Waals surface area contributed by atoms with Gasteiger partial charge in [-0.1, -0.05) is 19.8 Å². The molecule has 2 N–H and O–H groups in total. The molecule has 1 aliphatic heterocycles. The van der Waals surface area contributed by atoms with Gasteiger partial charge in [0.1, 0.15) is 0 Å². The van der Waals surface area contributed by atoms with Crippen LogP contribution in [0.1, 0.15) is 39.0 Å². The Labute approximate surface area is 106 Å². The molecular formula is C14H29N3. The third kappa shape index (κ3) is 2.67. The van der Waals surface area contributed by atoms with Gasteiger partial charge in [-0.05, 0) is 39.3 Å². The minimum Gasteiger partial charge on any atom is -0.329 e. The van der Waals surface area contributed by atoms with E-state index in [2.05, 4.69) is 30.8 Å². The SMILES string of the molecule is CC1CCCC(CN)(N2CCC(N(C)C)C2)C1. The minimum absolute atomic E-state index is 0.322. The van der Waals surface area contributed by atoms with Gasteiger partial charge in [-0.15, -0.1) is 0 Å². The van der Waals surface area contributed by atoms with E-state index in [9.17, 15) is 0 Å². The predicted molar refractivity (Wildman–Crippen MR) is 73.1 cm³/mol. The number of likely N-dealkylation sites (tertiary alicyclic amines) is 1. The van der Waals surface area contributed by atoms with Crippen LogP contribution in [0.15, 0.2) is 0 Å². The first-order valence-corrected chi connectivity index (χ1v) is 7.19. The normalized spacial score (nSPS) is 40.1. The van der Waals surface area contributed by atoms with Crippen LogP contribution in [0.4, 0.5) is 0 Å². The molecule has 3 unspecified atom stereocenters.